The Bertz CT molecular complexity index is 519. The molecule has 0 atom stereocenters. The summed E-state index contributed by atoms with van der Waals surface area (Å²) in [4.78, 5) is 12.2. The number of hydrogen-bond donors (Lipinski definition) is 1. The Morgan fingerprint density at radius 1 is 1.29 bits per heavy atom. The summed E-state index contributed by atoms with van der Waals surface area (Å²) in [6, 6.07) is 8.88. The van der Waals surface area contributed by atoms with Gasteiger partial charge in [-0.3, -0.25) is 4.79 Å². The third-order valence-corrected chi connectivity index (χ3v) is 4.41. The zero-order valence-electron chi connectivity index (χ0n) is 13.0. The number of nitriles is 1. The van der Waals surface area contributed by atoms with Crippen LogP contribution in [0.5, 0.6) is 0 Å². The number of amides is 1. The van der Waals surface area contributed by atoms with Crippen molar-refractivity contribution >= 4 is 5.91 Å². The number of hydrogen-bond acceptors (Lipinski definition) is 2. The van der Waals surface area contributed by atoms with Crippen LogP contribution in [-0.4, -0.2) is 12.5 Å². The van der Waals surface area contributed by atoms with E-state index in [0.29, 0.717) is 17.0 Å². The van der Waals surface area contributed by atoms with Gasteiger partial charge in [-0.25, -0.2) is 0 Å². The Morgan fingerprint density at radius 2 is 1.90 bits per heavy atom. The van der Waals surface area contributed by atoms with Crippen LogP contribution in [0.4, 0.5) is 0 Å². The molecule has 112 valence electrons. The van der Waals surface area contributed by atoms with Gasteiger partial charge in [-0.2, -0.15) is 5.26 Å². The van der Waals surface area contributed by atoms with E-state index in [1.807, 2.05) is 0 Å². The third kappa shape index (κ3) is 4.07. The summed E-state index contributed by atoms with van der Waals surface area (Å²) in [6.07, 6.45) is 6.18. The molecule has 1 saturated carbocycles. The quantitative estimate of drug-likeness (QED) is 0.891. The molecule has 3 nitrogen and oxygen atoms in total. The van der Waals surface area contributed by atoms with Gasteiger partial charge in [0.05, 0.1) is 11.6 Å². The minimum atomic E-state index is -0.0329. The summed E-state index contributed by atoms with van der Waals surface area (Å²) < 4.78 is 0. The molecule has 0 unspecified atom stereocenters. The summed E-state index contributed by atoms with van der Waals surface area (Å²) in [5.74, 6) is 0.629. The molecule has 21 heavy (non-hydrogen) atoms. The fraction of sp³-hybridized carbons (Fsp3) is 0.556. The second kappa shape index (κ2) is 6.76. The van der Waals surface area contributed by atoms with Gasteiger partial charge < -0.3 is 5.32 Å². The van der Waals surface area contributed by atoms with E-state index in [1.165, 1.54) is 32.1 Å². The largest absolute Gasteiger partial charge is 0.351 e. The lowest BCUT2D eigenvalue weighted by molar-refractivity contribution is 0.0922. The Kier molecular flexibility index (Phi) is 5.01. The number of nitrogens with zero attached hydrogens (tertiary/aromatic N) is 1. The minimum Gasteiger partial charge on any atom is -0.351 e. The van der Waals surface area contributed by atoms with Crippen LogP contribution in [0.2, 0.25) is 0 Å². The molecule has 0 aromatic heterocycles. The molecule has 1 amide bonds. The topological polar surface area (TPSA) is 52.9 Å². The zero-order valence-corrected chi connectivity index (χ0v) is 13.0. The smallest absolute Gasteiger partial charge is 0.251 e. The average molecular weight is 284 g/mol. The van der Waals surface area contributed by atoms with E-state index in [4.69, 9.17) is 5.26 Å². The van der Waals surface area contributed by atoms with E-state index in [0.717, 1.165) is 6.54 Å². The van der Waals surface area contributed by atoms with Crippen molar-refractivity contribution in [3.8, 4) is 6.07 Å². The number of benzene rings is 1. The van der Waals surface area contributed by atoms with Crippen molar-refractivity contribution in [3.05, 3.63) is 35.4 Å². The Labute approximate surface area is 127 Å². The molecule has 0 bridgehead atoms. The second-order valence-electron chi connectivity index (χ2n) is 6.68. The summed E-state index contributed by atoms with van der Waals surface area (Å²) in [5, 5.41) is 11.9. The molecule has 3 heteroatoms. The van der Waals surface area contributed by atoms with Crippen LogP contribution in [-0.2, 0) is 0 Å². The summed E-state index contributed by atoms with van der Waals surface area (Å²) >= 11 is 0. The number of carbonyl (C=O) groups is 1. The first-order chi connectivity index (χ1) is 10.0. The maximum Gasteiger partial charge on any atom is 0.251 e. The monoisotopic (exact) mass is 284 g/mol. The molecule has 0 aliphatic heterocycles. The first-order valence-corrected chi connectivity index (χ1v) is 7.83. The predicted molar refractivity (Wildman–Crippen MR) is 83.8 cm³/mol. The van der Waals surface area contributed by atoms with E-state index in [1.54, 1.807) is 24.3 Å². The van der Waals surface area contributed by atoms with Crippen LogP contribution in [0, 0.1) is 22.7 Å². The van der Waals surface area contributed by atoms with E-state index >= 15 is 0 Å². The average Bonchev–Trinajstić information content (AvgIpc) is 2.93. The Balaban J connectivity index is 1.97. The molecule has 1 aromatic carbocycles. The first kappa shape index (κ1) is 15.6. The molecule has 0 saturated heterocycles. The van der Waals surface area contributed by atoms with Crippen molar-refractivity contribution in [1.29, 1.82) is 5.26 Å². The molecule has 0 spiro atoms. The van der Waals surface area contributed by atoms with Crippen LogP contribution in [0.25, 0.3) is 0 Å². The van der Waals surface area contributed by atoms with Crippen LogP contribution in [0.3, 0.4) is 0 Å². The lowest BCUT2D eigenvalue weighted by atomic mass is 9.78. The van der Waals surface area contributed by atoms with Crippen LogP contribution in [0.1, 0.15) is 61.9 Å². The van der Waals surface area contributed by atoms with E-state index in [9.17, 15) is 4.79 Å². The van der Waals surface area contributed by atoms with Gasteiger partial charge in [0.2, 0.25) is 0 Å². The number of carbonyl (C=O) groups excluding carboxylic acids is 1. The summed E-state index contributed by atoms with van der Waals surface area (Å²) in [6.45, 7) is 5.27. The molecule has 0 radical (unpaired) electrons. The number of rotatable bonds is 5. The number of nitrogens with one attached hydrogen (secondary N) is 1. The van der Waals surface area contributed by atoms with Gasteiger partial charge in [-0.15, -0.1) is 0 Å². The molecular formula is C18H24N2O. The zero-order chi connectivity index (χ0) is 15.3. The van der Waals surface area contributed by atoms with E-state index in [2.05, 4.69) is 25.2 Å². The molecule has 1 N–H and O–H groups in total. The third-order valence-electron chi connectivity index (χ3n) is 4.41. The van der Waals surface area contributed by atoms with Crippen molar-refractivity contribution < 1.29 is 4.79 Å². The lowest BCUT2D eigenvalue weighted by Crippen LogP contribution is -2.36. The Morgan fingerprint density at radius 3 is 2.43 bits per heavy atom. The predicted octanol–water partition coefficient (Wildman–Crippen LogP) is 3.89. The minimum absolute atomic E-state index is 0.0329. The summed E-state index contributed by atoms with van der Waals surface area (Å²) in [5.41, 5.74) is 1.50. The standard InChI is InChI=1S/C18H24N2O/c1-14(2)11-18(9-3-4-10-18)13-20-17(21)16-7-5-15(12-19)6-8-16/h5-8,14H,3-4,9-11,13H2,1-2H3,(H,20,21). The van der Waals surface area contributed by atoms with Crippen molar-refractivity contribution in [3.63, 3.8) is 0 Å². The van der Waals surface area contributed by atoms with Gasteiger partial charge in [-0.05, 0) is 54.9 Å². The van der Waals surface area contributed by atoms with Crippen LogP contribution >= 0.6 is 0 Å². The van der Waals surface area contributed by atoms with Gasteiger partial charge >= 0.3 is 0 Å². The highest BCUT2D eigenvalue weighted by atomic mass is 16.1. The van der Waals surface area contributed by atoms with Crippen molar-refractivity contribution in [2.45, 2.75) is 46.0 Å². The maximum atomic E-state index is 12.2. The van der Waals surface area contributed by atoms with Crippen LogP contribution < -0.4 is 5.32 Å². The van der Waals surface area contributed by atoms with E-state index < -0.39 is 0 Å². The summed E-state index contributed by atoms with van der Waals surface area (Å²) in [7, 11) is 0. The van der Waals surface area contributed by atoms with Crippen LogP contribution in [0.15, 0.2) is 24.3 Å². The molecule has 1 aliphatic carbocycles. The first-order valence-electron chi connectivity index (χ1n) is 7.83. The highest BCUT2D eigenvalue weighted by Crippen LogP contribution is 2.42. The highest BCUT2D eigenvalue weighted by Gasteiger charge is 2.34. The SMILES string of the molecule is CC(C)CC1(CNC(=O)c2ccc(C#N)cc2)CCCC1. The van der Waals surface area contributed by atoms with Gasteiger partial charge in [0, 0.05) is 12.1 Å². The molecular weight excluding hydrogens is 260 g/mol. The fourth-order valence-electron chi connectivity index (χ4n) is 3.51. The van der Waals surface area contributed by atoms with E-state index in [-0.39, 0.29) is 11.3 Å². The van der Waals surface area contributed by atoms with Gasteiger partial charge in [0.15, 0.2) is 0 Å². The Hall–Kier alpha value is -1.82. The molecule has 0 heterocycles. The van der Waals surface area contributed by atoms with Gasteiger partial charge in [0.1, 0.15) is 0 Å². The molecule has 1 aliphatic rings. The van der Waals surface area contributed by atoms with Gasteiger partial charge in [0.25, 0.3) is 5.91 Å². The molecule has 1 fully saturated rings. The van der Waals surface area contributed by atoms with Crippen molar-refractivity contribution in [2.75, 3.05) is 6.54 Å². The molecule has 1 aromatic rings. The maximum absolute atomic E-state index is 12.2. The molecule has 2 rings (SSSR count). The fourth-order valence-corrected chi connectivity index (χ4v) is 3.51. The lowest BCUT2D eigenvalue weighted by Gasteiger charge is -2.31. The van der Waals surface area contributed by atoms with Crippen molar-refractivity contribution in [2.24, 2.45) is 11.3 Å². The normalized spacial score (nSPS) is 16.7. The van der Waals surface area contributed by atoms with Crippen molar-refractivity contribution in [1.82, 2.24) is 5.32 Å². The van der Waals surface area contributed by atoms with Gasteiger partial charge in [-0.1, -0.05) is 26.7 Å². The second-order valence-corrected chi connectivity index (χ2v) is 6.68. The highest BCUT2D eigenvalue weighted by molar-refractivity contribution is 5.94.